The van der Waals surface area contributed by atoms with Gasteiger partial charge in [-0.25, -0.2) is 0 Å². The molecule has 0 spiro atoms. The Bertz CT molecular complexity index is 1790. The predicted octanol–water partition coefficient (Wildman–Crippen LogP) is 4.13. The highest BCUT2D eigenvalue weighted by atomic mass is 16.5. The number of rotatable bonds is 15. The van der Waals surface area contributed by atoms with Crippen LogP contribution in [0.5, 0.6) is 0 Å². The summed E-state index contributed by atoms with van der Waals surface area (Å²) in [5, 5.41) is 102. The number of fused-ring (bicyclic) bond motifs is 8. The summed E-state index contributed by atoms with van der Waals surface area (Å²) in [7, 11) is 0. The van der Waals surface area contributed by atoms with Crippen LogP contribution in [0.4, 0.5) is 0 Å². The number of ketones is 1. The van der Waals surface area contributed by atoms with Crippen molar-refractivity contribution in [3.8, 4) is 0 Å². The fourth-order valence-electron chi connectivity index (χ4n) is 16.1. The number of hydrogen-bond donors (Lipinski definition) is 11. The van der Waals surface area contributed by atoms with Crippen LogP contribution < -0.4 is 16.4 Å². The monoisotopic (exact) mass is 898 g/mol. The largest absolute Gasteiger partial charge is 0.396 e. The SMILES string of the molecule is CCCC1CCC2OC3C(CCCCC3(O)C(C)(O)C3CCC4(O)C5=C(NCC(C)O)C(=O)C6CC(O)C(O)CC6(CCC6=C(CCCO)NC(N)C=C6)C5CCC34CCO)C2CC1. The van der Waals surface area contributed by atoms with E-state index in [0.717, 1.165) is 56.2 Å². The Balaban J connectivity index is 1.20. The van der Waals surface area contributed by atoms with Gasteiger partial charge in [0.2, 0.25) is 0 Å². The molecule has 17 unspecified atom stereocenters. The standard InChI is InChI=1S/C51H83N3O10/c1-4-8-31-11-14-33-34-9-5-6-20-51(63,46(34)64-40(33)15-12-31)47(3,61)41-19-23-50(62)43-35(18-22-49(41,50)24-26-56)48(21-17-32-13-16-42(52)54-37(32)10-7-25-55)28-39(59)38(58)27-36(48)45(60)44(43)53-29-30(2)57/h13,16,30-31,33-36,38-42,46,53-59,61-63H,4-12,14-15,17-29,52H2,1-3H3. The number of carbonyl (C=O) groups excluding carboxylic acids is 1. The van der Waals surface area contributed by atoms with Crippen LogP contribution in [0, 0.1) is 46.3 Å². The molecule has 8 rings (SSSR count). The molecule has 2 aliphatic heterocycles. The van der Waals surface area contributed by atoms with Crippen LogP contribution in [0.25, 0.3) is 0 Å². The second-order valence-electron chi connectivity index (χ2n) is 22.3. The van der Waals surface area contributed by atoms with Crippen LogP contribution in [-0.2, 0) is 9.53 Å². The third-order valence-electron chi connectivity index (χ3n) is 19.1. The lowest BCUT2D eigenvalue weighted by atomic mass is 9.42. The Kier molecular flexibility index (Phi) is 14.3. The maximum absolute atomic E-state index is 15.4. The highest BCUT2D eigenvalue weighted by molar-refractivity contribution is 6.00. The molecule has 13 heteroatoms. The second kappa shape index (κ2) is 18.9. The van der Waals surface area contributed by atoms with Gasteiger partial charge in [-0.15, -0.1) is 0 Å². The topological polar surface area (TPSA) is 238 Å². The molecule has 64 heavy (non-hydrogen) atoms. The Morgan fingerprint density at radius 2 is 1.73 bits per heavy atom. The normalized spacial score (nSPS) is 44.7. The van der Waals surface area contributed by atoms with E-state index in [-0.39, 0.29) is 75.1 Å². The summed E-state index contributed by atoms with van der Waals surface area (Å²) < 4.78 is 7.06. The van der Waals surface area contributed by atoms with Crippen LogP contribution in [-0.4, -0.2) is 120 Å². The van der Waals surface area contributed by atoms with Gasteiger partial charge in [0, 0.05) is 36.8 Å². The summed E-state index contributed by atoms with van der Waals surface area (Å²) >= 11 is 0. The first-order valence-corrected chi connectivity index (χ1v) is 25.6. The van der Waals surface area contributed by atoms with E-state index in [4.69, 9.17) is 10.5 Å². The first kappa shape index (κ1) is 48.5. The Morgan fingerprint density at radius 3 is 2.47 bits per heavy atom. The lowest BCUT2D eigenvalue weighted by Crippen LogP contribution is -2.69. The number of allylic oxidation sites excluding steroid dienone is 4. The first-order valence-electron chi connectivity index (χ1n) is 25.6. The minimum atomic E-state index is -1.74. The van der Waals surface area contributed by atoms with Gasteiger partial charge in [-0.05, 0) is 169 Å². The fourth-order valence-corrected chi connectivity index (χ4v) is 16.1. The quantitative estimate of drug-likeness (QED) is 0.111. The smallest absolute Gasteiger partial charge is 0.182 e. The molecule has 0 aromatic rings. The molecule has 17 atom stereocenters. The molecule has 6 aliphatic carbocycles. The maximum Gasteiger partial charge on any atom is 0.182 e. The fraction of sp³-hybridized carbons (Fsp3) is 0.863. The van der Waals surface area contributed by atoms with Gasteiger partial charge >= 0.3 is 0 Å². The van der Waals surface area contributed by atoms with Crippen molar-refractivity contribution >= 4 is 5.78 Å². The zero-order chi connectivity index (χ0) is 45.8. The molecule has 13 nitrogen and oxygen atoms in total. The number of carbonyl (C=O) groups is 1. The predicted molar refractivity (Wildman–Crippen MR) is 243 cm³/mol. The van der Waals surface area contributed by atoms with Crippen LogP contribution in [0.15, 0.2) is 34.7 Å². The van der Waals surface area contributed by atoms with E-state index in [9.17, 15) is 40.9 Å². The maximum atomic E-state index is 15.4. The molecule has 0 bridgehead atoms. The lowest BCUT2D eigenvalue weighted by Gasteiger charge is -2.64. The summed E-state index contributed by atoms with van der Waals surface area (Å²) in [5.41, 5.74) is 1.88. The Hall–Kier alpha value is -1.91. The van der Waals surface area contributed by atoms with E-state index in [1.54, 1.807) is 13.8 Å². The Morgan fingerprint density at radius 1 is 0.953 bits per heavy atom. The van der Waals surface area contributed by atoms with Crippen LogP contribution in [0.1, 0.15) is 156 Å². The van der Waals surface area contributed by atoms with Crippen molar-refractivity contribution < 1.29 is 50.4 Å². The molecular weight excluding hydrogens is 815 g/mol. The van der Waals surface area contributed by atoms with Gasteiger partial charge in [0.05, 0.1) is 53.6 Å². The molecule has 2 heterocycles. The highest BCUT2D eigenvalue weighted by Crippen LogP contribution is 2.72. The van der Waals surface area contributed by atoms with Gasteiger partial charge in [-0.2, -0.15) is 0 Å². The number of ether oxygens (including phenoxy) is 1. The van der Waals surface area contributed by atoms with Crippen molar-refractivity contribution in [2.75, 3.05) is 19.8 Å². The molecule has 0 amide bonds. The number of nitrogens with one attached hydrogen (secondary N) is 2. The van der Waals surface area contributed by atoms with Gasteiger partial charge < -0.3 is 62.0 Å². The van der Waals surface area contributed by atoms with Crippen LogP contribution in [0.3, 0.4) is 0 Å². The van der Waals surface area contributed by atoms with Crippen molar-refractivity contribution in [3.63, 3.8) is 0 Å². The third kappa shape index (κ3) is 7.99. The molecule has 1 saturated heterocycles. The van der Waals surface area contributed by atoms with Crippen molar-refractivity contribution in [2.24, 2.45) is 52.1 Å². The molecule has 0 aromatic heterocycles. The minimum absolute atomic E-state index is 0.0225. The van der Waals surface area contributed by atoms with Crippen LogP contribution in [0.2, 0.25) is 0 Å². The summed E-state index contributed by atoms with van der Waals surface area (Å²) in [4.78, 5) is 15.4. The van der Waals surface area contributed by atoms with E-state index >= 15 is 4.79 Å². The van der Waals surface area contributed by atoms with Crippen molar-refractivity contribution in [3.05, 3.63) is 34.7 Å². The van der Waals surface area contributed by atoms with Crippen molar-refractivity contribution in [1.29, 1.82) is 0 Å². The van der Waals surface area contributed by atoms with E-state index in [0.29, 0.717) is 68.8 Å². The molecule has 0 radical (unpaired) electrons. The second-order valence-corrected chi connectivity index (χ2v) is 22.3. The van der Waals surface area contributed by atoms with Crippen molar-refractivity contribution in [1.82, 2.24) is 10.6 Å². The molecule has 362 valence electrons. The molecular formula is C51H83N3O10. The number of Topliss-reactive ketones (excluding diaryl/α,β-unsaturated/α-hetero) is 1. The number of dihydropyridines is 1. The summed E-state index contributed by atoms with van der Waals surface area (Å²) in [6.07, 6.45) is 13.5. The average molecular weight is 898 g/mol. The van der Waals surface area contributed by atoms with E-state index in [1.165, 1.54) is 12.8 Å². The number of aliphatic hydroxyl groups is 8. The van der Waals surface area contributed by atoms with Gasteiger partial charge in [0.15, 0.2) is 5.78 Å². The Labute approximate surface area is 381 Å². The molecule has 0 aromatic carbocycles. The van der Waals surface area contributed by atoms with Gasteiger partial charge in [-0.1, -0.05) is 45.1 Å². The third-order valence-corrected chi connectivity index (χ3v) is 19.1. The van der Waals surface area contributed by atoms with E-state index in [2.05, 4.69) is 17.6 Å². The highest BCUT2D eigenvalue weighted by Gasteiger charge is 2.75. The zero-order valence-corrected chi connectivity index (χ0v) is 39.0. The summed E-state index contributed by atoms with van der Waals surface area (Å²) in [6, 6.07) is 0. The average Bonchev–Trinajstić information content (AvgIpc) is 3.61. The minimum Gasteiger partial charge on any atom is -0.396 e. The van der Waals surface area contributed by atoms with E-state index in [1.807, 2.05) is 12.2 Å². The van der Waals surface area contributed by atoms with E-state index < -0.39 is 69.8 Å². The molecule has 8 aliphatic rings. The first-order chi connectivity index (χ1) is 30.5. The van der Waals surface area contributed by atoms with Crippen LogP contribution >= 0.6 is 0 Å². The van der Waals surface area contributed by atoms with Gasteiger partial charge in [-0.3, -0.25) is 4.79 Å². The number of nitrogens with two attached hydrogens (primary N) is 1. The van der Waals surface area contributed by atoms with Gasteiger partial charge in [0.25, 0.3) is 0 Å². The molecule has 6 fully saturated rings. The number of hydrogen-bond acceptors (Lipinski definition) is 13. The number of aliphatic hydroxyl groups excluding tert-OH is 5. The molecule has 5 saturated carbocycles. The zero-order valence-electron chi connectivity index (χ0n) is 39.0. The van der Waals surface area contributed by atoms with Gasteiger partial charge in [0.1, 0.15) is 5.60 Å². The molecule has 12 N–H and O–H groups in total. The summed E-state index contributed by atoms with van der Waals surface area (Å²) in [5.74, 6) is -0.924. The summed E-state index contributed by atoms with van der Waals surface area (Å²) in [6.45, 7) is 5.44. The van der Waals surface area contributed by atoms with Crippen molar-refractivity contribution in [2.45, 2.75) is 209 Å². The lowest BCUT2D eigenvalue weighted by molar-refractivity contribution is -0.256.